The van der Waals surface area contributed by atoms with Crippen molar-refractivity contribution in [1.29, 1.82) is 0 Å². The summed E-state index contributed by atoms with van der Waals surface area (Å²) in [4.78, 5) is 0. The minimum Gasteiger partial charge on any atom is -0.418 e. The molecule has 0 saturated heterocycles. The second-order valence-electron chi connectivity index (χ2n) is 2.37. The van der Waals surface area contributed by atoms with Crippen LogP contribution in [-0.4, -0.2) is 7.25 Å². The van der Waals surface area contributed by atoms with E-state index in [1.807, 2.05) is 0 Å². The van der Waals surface area contributed by atoms with Crippen LogP contribution in [0.1, 0.15) is 16.7 Å². The van der Waals surface area contributed by atoms with Gasteiger partial charge in [-0.1, -0.05) is 0 Å². The van der Waals surface area contributed by atoms with E-state index >= 15 is 0 Å². The maximum absolute atomic E-state index is 9.75. The second-order valence-corrected chi connectivity index (χ2v) is 2.37. The zero-order chi connectivity index (χ0) is 9.23. The van der Waals surface area contributed by atoms with Crippen molar-refractivity contribution in [2.45, 2.75) is 20.8 Å². The van der Waals surface area contributed by atoms with Gasteiger partial charge in [-0.15, -0.1) is 0 Å². The van der Waals surface area contributed by atoms with Crippen molar-refractivity contribution < 1.29 is 17.3 Å². The first-order valence-electron chi connectivity index (χ1n) is 3.12. The average Bonchev–Trinajstić information content (AvgIpc) is 2.19. The molecule has 0 saturated carbocycles. The van der Waals surface area contributed by atoms with Gasteiger partial charge in [-0.3, -0.25) is 0 Å². The van der Waals surface area contributed by atoms with E-state index in [0.29, 0.717) is 0 Å². The Hall–Kier alpha value is -0.605. The Balaban J connectivity index is 0.000000187. The van der Waals surface area contributed by atoms with Gasteiger partial charge in [0.25, 0.3) is 0 Å². The molecule has 0 unspecified atom stereocenters. The van der Waals surface area contributed by atoms with E-state index in [1.54, 1.807) is 0 Å². The number of halogens is 4. The Morgan fingerprint density at radius 2 is 1.09 bits per heavy atom. The summed E-state index contributed by atoms with van der Waals surface area (Å²) in [5, 5.41) is 0. The molecule has 0 fully saturated rings. The third-order valence-corrected chi connectivity index (χ3v) is 1.62. The standard InChI is InChI=1S/C6H9.BF4/c1-4-5(2)6(4)3;2-1(3,4)5/h1-3H3;/q+1;-1. The summed E-state index contributed by atoms with van der Waals surface area (Å²) >= 11 is 0. The molecule has 0 nitrogen and oxygen atoms in total. The van der Waals surface area contributed by atoms with Crippen LogP contribution in [0.15, 0.2) is 0 Å². The first-order chi connectivity index (χ1) is 4.73. The molecule has 0 aliphatic rings. The predicted molar refractivity (Wildman–Crippen MR) is 37.6 cm³/mol. The lowest BCUT2D eigenvalue weighted by Crippen LogP contribution is -2.02. The van der Waals surface area contributed by atoms with E-state index in [0.717, 1.165) is 0 Å². The minimum absolute atomic E-state index is 1.51. The monoisotopic (exact) mass is 168 g/mol. The molecule has 0 aliphatic heterocycles. The molecule has 1 aromatic carbocycles. The van der Waals surface area contributed by atoms with Crippen LogP contribution in [0, 0.1) is 20.8 Å². The fourth-order valence-corrected chi connectivity index (χ4v) is 0.562. The fraction of sp³-hybridized carbons (Fsp3) is 0.500. The number of rotatable bonds is 0. The van der Waals surface area contributed by atoms with Crippen LogP contribution in [0.5, 0.6) is 0 Å². The smallest absolute Gasteiger partial charge is 0.418 e. The van der Waals surface area contributed by atoms with Crippen molar-refractivity contribution in [3.63, 3.8) is 0 Å². The molecule has 0 atom stereocenters. The van der Waals surface area contributed by atoms with Crippen LogP contribution in [0.4, 0.5) is 17.3 Å². The molecule has 0 amide bonds. The second kappa shape index (κ2) is 3.20. The molecule has 0 bridgehead atoms. The molecular weight excluding hydrogens is 159 g/mol. The van der Waals surface area contributed by atoms with E-state index in [9.17, 15) is 17.3 Å². The topological polar surface area (TPSA) is 0 Å². The maximum Gasteiger partial charge on any atom is 0.673 e. The van der Waals surface area contributed by atoms with E-state index in [2.05, 4.69) is 20.8 Å². The average molecular weight is 168 g/mol. The van der Waals surface area contributed by atoms with Crippen LogP contribution in [0.3, 0.4) is 0 Å². The van der Waals surface area contributed by atoms with E-state index in [1.165, 1.54) is 16.7 Å². The van der Waals surface area contributed by atoms with Crippen LogP contribution < -0.4 is 0 Å². The third-order valence-electron chi connectivity index (χ3n) is 1.62. The van der Waals surface area contributed by atoms with Crippen LogP contribution in [-0.2, 0) is 0 Å². The van der Waals surface area contributed by atoms with Gasteiger partial charge < -0.3 is 17.3 Å². The number of hydrogen-bond acceptors (Lipinski definition) is 0. The van der Waals surface area contributed by atoms with Crippen LogP contribution in [0.2, 0.25) is 0 Å². The summed E-state index contributed by atoms with van der Waals surface area (Å²) in [7, 11) is -6.00. The SMILES string of the molecule is Cc1c(C)[c+]1C.F[B-](F)(F)F. The predicted octanol–water partition coefficient (Wildman–Crippen LogP) is 3.07. The molecule has 1 aromatic rings. The summed E-state index contributed by atoms with van der Waals surface area (Å²) in [6, 6.07) is 0. The van der Waals surface area contributed by atoms with Crippen molar-refractivity contribution in [2.24, 2.45) is 0 Å². The number of hydrogen-bond donors (Lipinski definition) is 0. The van der Waals surface area contributed by atoms with Crippen molar-refractivity contribution in [3.05, 3.63) is 16.7 Å². The molecule has 11 heavy (non-hydrogen) atoms. The van der Waals surface area contributed by atoms with Gasteiger partial charge in [0.15, 0.2) is 16.7 Å². The molecule has 64 valence electrons. The summed E-state index contributed by atoms with van der Waals surface area (Å²) in [6.45, 7) is 6.47. The third kappa shape index (κ3) is 5.82. The Morgan fingerprint density at radius 3 is 1.09 bits per heavy atom. The van der Waals surface area contributed by atoms with Gasteiger partial charge in [0.1, 0.15) is 0 Å². The van der Waals surface area contributed by atoms with Gasteiger partial charge in [0.05, 0.1) is 0 Å². The molecular formula is C6H9BF4. The molecule has 1 rings (SSSR count). The van der Waals surface area contributed by atoms with Gasteiger partial charge in [-0.05, 0) is 0 Å². The highest BCUT2D eigenvalue weighted by atomic mass is 19.5. The Kier molecular flexibility index (Phi) is 3.02. The normalized spacial score (nSPS) is 11.2. The molecule has 5 heteroatoms. The highest BCUT2D eigenvalue weighted by molar-refractivity contribution is 6.50. The lowest BCUT2D eigenvalue weighted by molar-refractivity contribution is 0.368. The molecule has 0 aliphatic carbocycles. The molecule has 0 radical (unpaired) electrons. The first-order valence-corrected chi connectivity index (χ1v) is 3.12. The lowest BCUT2D eigenvalue weighted by atomic mass is 10.3. The molecule has 0 heterocycles. The van der Waals surface area contributed by atoms with Crippen molar-refractivity contribution in [2.75, 3.05) is 0 Å². The van der Waals surface area contributed by atoms with Crippen LogP contribution in [0.25, 0.3) is 0 Å². The highest BCUT2D eigenvalue weighted by Gasteiger charge is 2.25. The van der Waals surface area contributed by atoms with E-state index in [-0.39, 0.29) is 0 Å². The van der Waals surface area contributed by atoms with Gasteiger partial charge in [-0.25, -0.2) is 0 Å². The van der Waals surface area contributed by atoms with Crippen LogP contribution >= 0.6 is 0 Å². The van der Waals surface area contributed by atoms with Gasteiger partial charge in [0.2, 0.25) is 0 Å². The molecule has 0 aromatic heterocycles. The highest BCUT2D eigenvalue weighted by Crippen LogP contribution is 2.24. The minimum atomic E-state index is -6.00. The van der Waals surface area contributed by atoms with E-state index < -0.39 is 7.25 Å². The zero-order valence-electron chi connectivity index (χ0n) is 6.59. The van der Waals surface area contributed by atoms with Crippen molar-refractivity contribution >= 4 is 7.25 Å². The summed E-state index contributed by atoms with van der Waals surface area (Å²) < 4.78 is 39.0. The lowest BCUT2D eigenvalue weighted by Gasteiger charge is -1.94. The zero-order valence-corrected chi connectivity index (χ0v) is 6.59. The van der Waals surface area contributed by atoms with Crippen molar-refractivity contribution in [1.82, 2.24) is 0 Å². The molecule has 0 spiro atoms. The Bertz CT molecular complexity index is 158. The Morgan fingerprint density at radius 1 is 1.00 bits per heavy atom. The fourth-order valence-electron chi connectivity index (χ4n) is 0.562. The summed E-state index contributed by atoms with van der Waals surface area (Å²) in [6.07, 6.45) is 0. The first kappa shape index (κ1) is 10.4. The van der Waals surface area contributed by atoms with Gasteiger partial charge in [0, 0.05) is 20.8 Å². The van der Waals surface area contributed by atoms with Crippen molar-refractivity contribution in [3.8, 4) is 0 Å². The maximum atomic E-state index is 9.75. The van der Waals surface area contributed by atoms with Gasteiger partial charge in [-0.2, -0.15) is 0 Å². The summed E-state index contributed by atoms with van der Waals surface area (Å²) in [5.74, 6) is 0. The molecule has 0 N–H and O–H groups in total. The summed E-state index contributed by atoms with van der Waals surface area (Å²) in [5.41, 5.74) is 4.53. The largest absolute Gasteiger partial charge is 0.673 e. The Labute approximate surface area is 63.0 Å². The van der Waals surface area contributed by atoms with Gasteiger partial charge >= 0.3 is 7.25 Å². The quantitative estimate of drug-likeness (QED) is 0.317. The van der Waals surface area contributed by atoms with E-state index in [4.69, 9.17) is 0 Å².